The summed E-state index contributed by atoms with van der Waals surface area (Å²) >= 11 is 17.7. The zero-order valence-corrected chi connectivity index (χ0v) is 21.4. The summed E-state index contributed by atoms with van der Waals surface area (Å²) in [5.74, 6) is 0.0778. The molecule has 1 aromatic heterocycles. The minimum atomic E-state index is -1.73. The lowest BCUT2D eigenvalue weighted by atomic mass is 9.95. The number of amides is 1. The second kappa shape index (κ2) is 10.5. The van der Waals surface area contributed by atoms with Gasteiger partial charge in [0.15, 0.2) is 0 Å². The van der Waals surface area contributed by atoms with Gasteiger partial charge in [0, 0.05) is 28.9 Å². The van der Waals surface area contributed by atoms with Crippen LogP contribution >= 0.6 is 46.6 Å². The predicted molar refractivity (Wildman–Crippen MR) is 130 cm³/mol. The van der Waals surface area contributed by atoms with Crippen LogP contribution < -0.4 is 5.32 Å². The van der Waals surface area contributed by atoms with E-state index in [-0.39, 0.29) is 5.75 Å². The molecule has 33 heavy (non-hydrogen) atoms. The third-order valence-corrected chi connectivity index (χ3v) is 6.08. The van der Waals surface area contributed by atoms with Crippen LogP contribution in [0.1, 0.15) is 38.1 Å². The van der Waals surface area contributed by atoms with Gasteiger partial charge >= 0.3 is 11.4 Å². The summed E-state index contributed by atoms with van der Waals surface area (Å²) in [7, 11) is 0. The van der Waals surface area contributed by atoms with E-state index in [1.165, 1.54) is 0 Å². The average molecular weight is 539 g/mol. The maximum Gasteiger partial charge on any atom is 0.407 e. The molecule has 0 saturated carbocycles. The third-order valence-electron chi connectivity index (χ3n) is 4.87. The van der Waals surface area contributed by atoms with Crippen LogP contribution in [0.25, 0.3) is 10.9 Å². The van der Waals surface area contributed by atoms with Crippen LogP contribution in [0.4, 0.5) is 9.59 Å². The monoisotopic (exact) mass is 537 g/mol. The van der Waals surface area contributed by atoms with Gasteiger partial charge < -0.3 is 25.0 Å². The number of nitrogens with one attached hydrogen (secondary N) is 2. The average Bonchev–Trinajstić information content (AvgIpc) is 3.06. The number of alkyl carbamates (subject to hydrolysis) is 1. The van der Waals surface area contributed by atoms with Gasteiger partial charge in [-0.3, -0.25) is 0 Å². The van der Waals surface area contributed by atoms with E-state index in [0.717, 1.165) is 39.0 Å². The van der Waals surface area contributed by atoms with Gasteiger partial charge in [-0.05, 0) is 50.6 Å². The van der Waals surface area contributed by atoms with Gasteiger partial charge in [-0.2, -0.15) is 5.06 Å². The zero-order chi connectivity index (χ0) is 24.4. The highest BCUT2D eigenvalue weighted by molar-refractivity contribution is 8.13. The van der Waals surface area contributed by atoms with Crippen molar-refractivity contribution in [2.24, 2.45) is 0 Å². The van der Waals surface area contributed by atoms with Crippen molar-refractivity contribution in [3.63, 3.8) is 0 Å². The largest absolute Gasteiger partial charge is 0.453 e. The summed E-state index contributed by atoms with van der Waals surface area (Å²) in [6.07, 6.45) is -0.0383. The first kappa shape index (κ1) is 26.2. The lowest BCUT2D eigenvalue weighted by molar-refractivity contribution is -0.141. The number of aromatic nitrogens is 1. The Labute approximate surface area is 211 Å². The fourth-order valence-electron chi connectivity index (χ4n) is 3.68. The van der Waals surface area contributed by atoms with Crippen molar-refractivity contribution in [2.75, 3.05) is 18.9 Å². The number of alkyl halides is 3. The summed E-state index contributed by atoms with van der Waals surface area (Å²) in [5.41, 5.74) is 2.03. The van der Waals surface area contributed by atoms with Crippen LogP contribution in [0.5, 0.6) is 0 Å². The van der Waals surface area contributed by atoms with E-state index in [9.17, 15) is 14.8 Å². The Morgan fingerprint density at radius 2 is 2.00 bits per heavy atom. The highest BCUT2D eigenvalue weighted by Gasteiger charge is 2.38. The van der Waals surface area contributed by atoms with Gasteiger partial charge in [-0.25, -0.2) is 9.59 Å². The first-order valence-corrected chi connectivity index (χ1v) is 12.4. The number of hydroxylamine groups is 2. The molecule has 1 amide bonds. The molecule has 0 saturated heterocycles. The Morgan fingerprint density at radius 3 is 2.67 bits per heavy atom. The summed E-state index contributed by atoms with van der Waals surface area (Å²) in [4.78, 5) is 28.1. The van der Waals surface area contributed by atoms with Crippen LogP contribution in [0, 0.1) is 0 Å². The number of aromatic amines is 1. The molecule has 0 bridgehead atoms. The van der Waals surface area contributed by atoms with Crippen molar-refractivity contribution in [1.29, 1.82) is 0 Å². The van der Waals surface area contributed by atoms with Gasteiger partial charge in [0.2, 0.25) is 3.79 Å². The second-order valence-corrected chi connectivity index (χ2v) is 12.1. The fraction of sp³-hybridized carbons (Fsp3) is 0.524. The van der Waals surface area contributed by atoms with E-state index in [1.54, 1.807) is 20.8 Å². The molecule has 1 aromatic carbocycles. The minimum absolute atomic E-state index is 0.0778. The molecule has 2 aromatic rings. The molecular weight excluding hydrogens is 513 g/mol. The molecule has 0 spiro atoms. The van der Waals surface area contributed by atoms with E-state index in [4.69, 9.17) is 44.3 Å². The van der Waals surface area contributed by atoms with Crippen LogP contribution in [-0.4, -0.2) is 61.0 Å². The molecule has 1 aliphatic rings. The highest BCUT2D eigenvalue weighted by Crippen LogP contribution is 2.36. The predicted octanol–water partition coefficient (Wildman–Crippen LogP) is 5.59. The lowest BCUT2D eigenvalue weighted by Crippen LogP contribution is -2.50. The number of hydrogen-bond acceptors (Lipinski definition) is 7. The van der Waals surface area contributed by atoms with E-state index in [1.807, 2.05) is 24.3 Å². The van der Waals surface area contributed by atoms with Gasteiger partial charge in [0.25, 0.3) is 0 Å². The Kier molecular flexibility index (Phi) is 8.35. The molecule has 0 radical (unpaired) electrons. The molecule has 182 valence electrons. The van der Waals surface area contributed by atoms with Gasteiger partial charge in [0.05, 0.1) is 12.1 Å². The normalized spacial score (nSPS) is 18.0. The molecule has 0 fully saturated rings. The molecule has 3 rings (SSSR count). The Bertz CT molecular complexity index is 1010. The van der Waals surface area contributed by atoms with E-state index in [0.29, 0.717) is 13.0 Å². The second-order valence-electron chi connectivity index (χ2n) is 8.64. The Hall–Kier alpha value is -1.36. The Morgan fingerprint density at radius 1 is 1.30 bits per heavy atom. The quantitative estimate of drug-likeness (QED) is 0.337. The summed E-state index contributed by atoms with van der Waals surface area (Å²) in [6, 6.07) is 6.47. The smallest absolute Gasteiger partial charge is 0.407 e. The number of thioether (sulfide) groups is 1. The Balaban J connectivity index is 1.85. The number of carbonyl (C=O) groups excluding carboxylic acids is 2. The molecule has 1 aliphatic heterocycles. The lowest BCUT2D eigenvalue weighted by Gasteiger charge is -2.36. The number of H-pyrrole nitrogens is 1. The van der Waals surface area contributed by atoms with Crippen molar-refractivity contribution in [3.05, 3.63) is 35.5 Å². The van der Waals surface area contributed by atoms with E-state index < -0.39 is 39.5 Å². The van der Waals surface area contributed by atoms with Crippen LogP contribution in [0.15, 0.2) is 24.3 Å². The number of benzene rings is 1. The topological polar surface area (TPSA) is 104 Å². The summed E-state index contributed by atoms with van der Waals surface area (Å²) in [5, 5.41) is 15.1. The SMILES string of the molecule is CC(C)(C)OC(=O)N[C@@H](CSC(=O)OCC(Cl)(Cl)Cl)[C@@H]1c2[nH]c3ccccc3c2CCN1O. The van der Waals surface area contributed by atoms with Crippen LogP contribution in [0.3, 0.4) is 0 Å². The van der Waals surface area contributed by atoms with Gasteiger partial charge in [-0.15, -0.1) is 0 Å². The van der Waals surface area contributed by atoms with Crippen LogP contribution in [-0.2, 0) is 15.9 Å². The molecule has 2 atom stereocenters. The summed E-state index contributed by atoms with van der Waals surface area (Å²) < 4.78 is 8.65. The minimum Gasteiger partial charge on any atom is -0.453 e. The van der Waals surface area contributed by atoms with Gasteiger partial charge in [0.1, 0.15) is 12.2 Å². The number of ether oxygens (including phenoxy) is 2. The molecule has 0 unspecified atom stereocenters. The first-order valence-electron chi connectivity index (χ1n) is 10.2. The third kappa shape index (κ3) is 7.31. The number of rotatable bonds is 5. The van der Waals surface area contributed by atoms with E-state index >= 15 is 0 Å². The number of carbonyl (C=O) groups is 2. The highest BCUT2D eigenvalue weighted by atomic mass is 35.6. The maximum absolute atomic E-state index is 12.6. The number of fused-ring (bicyclic) bond motifs is 3. The number of halogens is 3. The van der Waals surface area contributed by atoms with Gasteiger partial charge in [-0.1, -0.05) is 53.0 Å². The standard InChI is InChI=1S/C21H26Cl3N3O5S/c1-20(2,3)32-18(28)26-15(10-33-19(29)31-11-21(22,23)24)17-16-13(8-9-27(17)30)12-6-4-5-7-14(12)25-16/h4-7,15,17,25,30H,8-11H2,1-3H3,(H,26,28)/t15-,17+/m0/s1. The molecule has 3 N–H and O–H groups in total. The molecular formula is C21H26Cl3N3O5S. The van der Waals surface area contributed by atoms with Crippen molar-refractivity contribution >= 4 is 68.9 Å². The number of nitrogens with zero attached hydrogens (tertiary/aromatic N) is 1. The molecule has 12 heteroatoms. The number of para-hydroxylation sites is 1. The molecule has 8 nitrogen and oxygen atoms in total. The molecule has 2 heterocycles. The van der Waals surface area contributed by atoms with Crippen LogP contribution in [0.2, 0.25) is 0 Å². The fourth-order valence-corrected chi connectivity index (χ4v) is 4.56. The van der Waals surface area contributed by atoms with E-state index in [2.05, 4.69) is 10.3 Å². The zero-order valence-electron chi connectivity index (χ0n) is 18.4. The van der Waals surface area contributed by atoms with Crippen molar-refractivity contribution in [2.45, 2.75) is 48.7 Å². The summed E-state index contributed by atoms with van der Waals surface area (Å²) in [6.45, 7) is 5.20. The number of hydrogen-bond donors (Lipinski definition) is 3. The first-order chi connectivity index (χ1) is 15.3. The van der Waals surface area contributed by atoms with Crippen molar-refractivity contribution in [1.82, 2.24) is 15.4 Å². The maximum atomic E-state index is 12.6. The van der Waals surface area contributed by atoms with Crippen molar-refractivity contribution < 1.29 is 24.3 Å². The van der Waals surface area contributed by atoms with Crippen molar-refractivity contribution in [3.8, 4) is 0 Å². The molecule has 0 aliphatic carbocycles.